The van der Waals surface area contributed by atoms with Gasteiger partial charge < -0.3 is 14.3 Å². The smallest absolute Gasteiger partial charge is 0.164 e. The molecule has 13 heavy (non-hydrogen) atoms. The Kier molecular flexibility index (Phi) is 2.59. The molecule has 1 heterocycles. The Bertz CT molecular complexity index is 222. The van der Waals surface area contributed by atoms with Gasteiger partial charge in [-0.05, 0) is 20.8 Å². The van der Waals surface area contributed by atoms with E-state index in [1.165, 1.54) is 0 Å². The Labute approximate surface area is 78.7 Å². The molecule has 0 aromatic carbocycles. The maximum absolute atomic E-state index is 10.4. The summed E-state index contributed by atoms with van der Waals surface area (Å²) in [6.45, 7) is 9.24. The van der Waals surface area contributed by atoms with Gasteiger partial charge in [0, 0.05) is 6.42 Å². The molecule has 0 bridgehead atoms. The summed E-state index contributed by atoms with van der Waals surface area (Å²) in [6.07, 6.45) is 2.65. The van der Waals surface area contributed by atoms with Gasteiger partial charge in [-0.1, -0.05) is 6.08 Å². The van der Waals surface area contributed by atoms with E-state index < -0.39 is 11.4 Å². The summed E-state index contributed by atoms with van der Waals surface area (Å²) in [5.74, 6) is -0.628. The van der Waals surface area contributed by atoms with Gasteiger partial charge in [-0.3, -0.25) is 0 Å². The van der Waals surface area contributed by atoms with Crippen LogP contribution in [0.2, 0.25) is 0 Å². The molecule has 0 unspecified atom stereocenters. The molecule has 0 amide bonds. The second-order valence-electron chi connectivity index (χ2n) is 3.90. The van der Waals surface area contributed by atoms with Crippen molar-refractivity contribution >= 4 is 6.29 Å². The fourth-order valence-corrected chi connectivity index (χ4v) is 1.62. The number of hydrogen-bond donors (Lipinski definition) is 0. The molecule has 1 fully saturated rings. The molecule has 2 atom stereocenters. The van der Waals surface area contributed by atoms with E-state index in [1.807, 2.05) is 20.8 Å². The normalized spacial score (nSPS) is 37.3. The quantitative estimate of drug-likeness (QED) is 0.494. The summed E-state index contributed by atoms with van der Waals surface area (Å²) in [7, 11) is 0. The lowest BCUT2D eigenvalue weighted by Crippen LogP contribution is -2.34. The lowest BCUT2D eigenvalue weighted by Gasteiger charge is -2.23. The zero-order chi connectivity index (χ0) is 10.1. The Balaban J connectivity index is 2.82. The fraction of sp³-hybridized carbons (Fsp3) is 0.700. The van der Waals surface area contributed by atoms with Crippen molar-refractivity contribution in [3.8, 4) is 0 Å². The Morgan fingerprint density at radius 1 is 1.46 bits per heavy atom. The van der Waals surface area contributed by atoms with E-state index in [1.54, 1.807) is 6.08 Å². The highest BCUT2D eigenvalue weighted by Crippen LogP contribution is 2.37. The van der Waals surface area contributed by atoms with Gasteiger partial charge in [0.1, 0.15) is 11.9 Å². The number of rotatable bonds is 3. The largest absolute Gasteiger partial charge is 0.343 e. The van der Waals surface area contributed by atoms with E-state index >= 15 is 0 Å². The van der Waals surface area contributed by atoms with Crippen molar-refractivity contribution in [1.29, 1.82) is 0 Å². The lowest BCUT2D eigenvalue weighted by molar-refractivity contribution is -0.153. The number of carbonyl (C=O) groups is 1. The summed E-state index contributed by atoms with van der Waals surface area (Å²) >= 11 is 0. The monoisotopic (exact) mass is 184 g/mol. The summed E-state index contributed by atoms with van der Waals surface area (Å²) in [5.41, 5.74) is -0.551. The molecule has 0 aromatic heterocycles. The maximum atomic E-state index is 10.4. The van der Waals surface area contributed by atoms with Crippen LogP contribution in [0.5, 0.6) is 0 Å². The molecule has 0 N–H and O–H groups in total. The first-order chi connectivity index (χ1) is 5.93. The number of aldehydes is 1. The topological polar surface area (TPSA) is 35.5 Å². The van der Waals surface area contributed by atoms with Crippen LogP contribution in [-0.2, 0) is 14.3 Å². The van der Waals surface area contributed by atoms with E-state index in [9.17, 15) is 4.79 Å². The minimum Gasteiger partial charge on any atom is -0.343 e. The maximum Gasteiger partial charge on any atom is 0.164 e. The summed E-state index contributed by atoms with van der Waals surface area (Å²) in [4.78, 5) is 10.4. The van der Waals surface area contributed by atoms with Crippen LogP contribution < -0.4 is 0 Å². The molecule has 0 aliphatic carbocycles. The third-order valence-corrected chi connectivity index (χ3v) is 2.25. The van der Waals surface area contributed by atoms with Gasteiger partial charge in [-0.15, -0.1) is 6.58 Å². The van der Waals surface area contributed by atoms with Gasteiger partial charge in [0.15, 0.2) is 5.79 Å². The van der Waals surface area contributed by atoms with E-state index in [4.69, 9.17) is 9.47 Å². The van der Waals surface area contributed by atoms with E-state index in [0.717, 1.165) is 6.29 Å². The molecule has 1 aliphatic heterocycles. The van der Waals surface area contributed by atoms with Crippen LogP contribution in [0.25, 0.3) is 0 Å². The van der Waals surface area contributed by atoms with Gasteiger partial charge in [0.05, 0.1) is 6.10 Å². The summed E-state index contributed by atoms with van der Waals surface area (Å²) in [5, 5.41) is 0. The number of hydrogen-bond acceptors (Lipinski definition) is 3. The van der Waals surface area contributed by atoms with E-state index in [2.05, 4.69) is 6.58 Å². The summed E-state index contributed by atoms with van der Waals surface area (Å²) in [6, 6.07) is 0. The van der Waals surface area contributed by atoms with Crippen molar-refractivity contribution in [3.63, 3.8) is 0 Å². The third-order valence-electron chi connectivity index (χ3n) is 2.25. The Morgan fingerprint density at radius 2 is 2.08 bits per heavy atom. The number of carbonyl (C=O) groups excluding carboxylic acids is 1. The molecule has 3 nitrogen and oxygen atoms in total. The molecule has 0 saturated carbocycles. The first-order valence-corrected chi connectivity index (χ1v) is 4.39. The van der Waals surface area contributed by atoms with E-state index in [0.29, 0.717) is 6.42 Å². The average molecular weight is 184 g/mol. The van der Waals surface area contributed by atoms with Gasteiger partial charge in [-0.2, -0.15) is 0 Å². The molecular formula is C10H16O3. The third kappa shape index (κ3) is 1.98. The first kappa shape index (κ1) is 10.4. The van der Waals surface area contributed by atoms with Crippen molar-refractivity contribution in [2.75, 3.05) is 0 Å². The minimum absolute atomic E-state index is 0.225. The second-order valence-corrected chi connectivity index (χ2v) is 3.90. The predicted octanol–water partition coefficient (Wildman–Crippen LogP) is 1.67. The molecule has 74 valence electrons. The fourth-order valence-electron chi connectivity index (χ4n) is 1.62. The van der Waals surface area contributed by atoms with Crippen LogP contribution in [0.1, 0.15) is 27.2 Å². The molecular weight excluding hydrogens is 168 g/mol. The first-order valence-electron chi connectivity index (χ1n) is 4.39. The molecule has 1 rings (SSSR count). The Hall–Kier alpha value is -0.670. The van der Waals surface area contributed by atoms with Gasteiger partial charge in [0.25, 0.3) is 0 Å². The Morgan fingerprint density at radius 3 is 2.54 bits per heavy atom. The molecule has 3 heteroatoms. The van der Waals surface area contributed by atoms with Crippen molar-refractivity contribution in [2.45, 2.75) is 44.7 Å². The van der Waals surface area contributed by atoms with Crippen molar-refractivity contribution in [2.24, 2.45) is 0 Å². The zero-order valence-corrected chi connectivity index (χ0v) is 8.37. The highest BCUT2D eigenvalue weighted by Gasteiger charge is 2.47. The minimum atomic E-state index is -0.628. The molecule has 1 aliphatic rings. The molecule has 1 saturated heterocycles. The predicted molar refractivity (Wildman–Crippen MR) is 49.3 cm³/mol. The molecule has 0 spiro atoms. The molecule has 0 aromatic rings. The van der Waals surface area contributed by atoms with Crippen LogP contribution in [0, 0.1) is 0 Å². The summed E-state index contributed by atoms with van der Waals surface area (Å²) < 4.78 is 11.2. The SMILES string of the molecule is C=C[C@@]1(C)OC(C)(C)O[C@@H]1CC=O. The van der Waals surface area contributed by atoms with Crippen molar-refractivity contribution < 1.29 is 14.3 Å². The van der Waals surface area contributed by atoms with E-state index in [-0.39, 0.29) is 6.10 Å². The lowest BCUT2D eigenvalue weighted by atomic mass is 9.97. The second kappa shape index (κ2) is 3.24. The molecule has 0 radical (unpaired) electrons. The van der Waals surface area contributed by atoms with Gasteiger partial charge in [0.2, 0.25) is 0 Å². The van der Waals surface area contributed by atoms with Crippen molar-refractivity contribution in [1.82, 2.24) is 0 Å². The van der Waals surface area contributed by atoms with Crippen LogP contribution in [0.15, 0.2) is 12.7 Å². The zero-order valence-electron chi connectivity index (χ0n) is 8.37. The number of ether oxygens (including phenoxy) is 2. The van der Waals surface area contributed by atoms with Crippen LogP contribution in [0.3, 0.4) is 0 Å². The van der Waals surface area contributed by atoms with Gasteiger partial charge in [-0.25, -0.2) is 0 Å². The highest BCUT2D eigenvalue weighted by atomic mass is 16.8. The standard InChI is InChI=1S/C10H16O3/c1-5-10(4)8(6-7-11)12-9(2,3)13-10/h5,7-8H,1,6H2,2-4H3/t8-,10-/m1/s1. The average Bonchev–Trinajstić information content (AvgIpc) is 2.24. The highest BCUT2D eigenvalue weighted by molar-refractivity contribution is 5.51. The van der Waals surface area contributed by atoms with Crippen molar-refractivity contribution in [3.05, 3.63) is 12.7 Å². The van der Waals surface area contributed by atoms with Crippen LogP contribution >= 0.6 is 0 Å². The van der Waals surface area contributed by atoms with Gasteiger partial charge >= 0.3 is 0 Å². The van der Waals surface area contributed by atoms with Crippen LogP contribution in [0.4, 0.5) is 0 Å². The van der Waals surface area contributed by atoms with Crippen LogP contribution in [-0.4, -0.2) is 23.8 Å².